The number of aromatic nitrogens is 3. The van der Waals surface area contributed by atoms with Gasteiger partial charge in [-0.2, -0.15) is 10.4 Å². The molecular formula is C34H27N5O3. The lowest BCUT2D eigenvalue weighted by molar-refractivity contribution is -0.116. The monoisotopic (exact) mass is 553 g/mol. The van der Waals surface area contributed by atoms with Crippen molar-refractivity contribution < 1.29 is 9.21 Å². The van der Waals surface area contributed by atoms with Gasteiger partial charge in [-0.05, 0) is 37.1 Å². The molecule has 0 aliphatic rings. The zero-order valence-corrected chi connectivity index (χ0v) is 23.2. The number of hydrogen-bond acceptors (Lipinski definition) is 5. The van der Waals surface area contributed by atoms with Crippen LogP contribution in [0.5, 0.6) is 0 Å². The molecule has 42 heavy (non-hydrogen) atoms. The van der Waals surface area contributed by atoms with Crippen LogP contribution >= 0.6 is 0 Å². The highest BCUT2D eigenvalue weighted by molar-refractivity contribution is 5.95. The summed E-state index contributed by atoms with van der Waals surface area (Å²) in [6.07, 6.45) is -0.0238. The van der Waals surface area contributed by atoms with Gasteiger partial charge in [-0.15, -0.1) is 0 Å². The number of nitrogens with one attached hydrogen (secondary N) is 1. The van der Waals surface area contributed by atoms with E-state index in [-0.39, 0.29) is 35.9 Å². The molecule has 0 saturated heterocycles. The molecule has 0 atom stereocenters. The summed E-state index contributed by atoms with van der Waals surface area (Å²) < 4.78 is 9.47. The van der Waals surface area contributed by atoms with Gasteiger partial charge in [0.1, 0.15) is 23.0 Å². The first-order valence-electron chi connectivity index (χ1n) is 13.6. The maximum Gasteiger partial charge on any atom is 0.252 e. The lowest BCUT2D eigenvalue weighted by atomic mass is 9.98. The zero-order valence-electron chi connectivity index (χ0n) is 23.2. The number of fused-ring (bicyclic) bond motifs is 1. The average molecular weight is 554 g/mol. The molecule has 3 heterocycles. The maximum atomic E-state index is 13.3. The molecular weight excluding hydrogens is 526 g/mol. The number of carbonyl (C=O) groups excluding carboxylic acids is 1. The van der Waals surface area contributed by atoms with E-state index in [0.717, 1.165) is 33.5 Å². The van der Waals surface area contributed by atoms with Gasteiger partial charge < -0.3 is 4.42 Å². The third-order valence-electron chi connectivity index (χ3n) is 7.23. The Labute approximate surface area is 242 Å². The number of furan rings is 1. The standard InChI is InChI=1S/C34H27N5O3/c1-22-20-29(41)38(34-30(22)23(2)37-39(34)26-16-10-5-11-17-26)19-18-28(40)36-33-27(21-35)31(24-12-6-3-7-13-24)32(42-33)25-14-8-4-9-15-25/h3-17,20H,18-19H2,1-2H3,(H,36,40). The van der Waals surface area contributed by atoms with Crippen molar-refractivity contribution in [2.24, 2.45) is 0 Å². The Morgan fingerprint density at radius 2 is 1.55 bits per heavy atom. The molecule has 6 rings (SSSR count). The summed E-state index contributed by atoms with van der Waals surface area (Å²) in [6.45, 7) is 3.91. The Bertz CT molecular complexity index is 2020. The molecule has 3 aromatic carbocycles. The van der Waals surface area contributed by atoms with Gasteiger partial charge in [-0.1, -0.05) is 78.9 Å². The Morgan fingerprint density at radius 1 is 0.929 bits per heavy atom. The number of aryl methyl sites for hydroxylation is 3. The molecule has 0 aliphatic carbocycles. The number of carbonyl (C=O) groups is 1. The van der Waals surface area contributed by atoms with Gasteiger partial charge in [-0.25, -0.2) is 4.68 Å². The first-order valence-corrected chi connectivity index (χ1v) is 13.6. The number of nitriles is 1. The summed E-state index contributed by atoms with van der Waals surface area (Å²) in [5.41, 5.74) is 5.27. The minimum absolute atomic E-state index is 0.0238. The Balaban J connectivity index is 1.35. The number of nitrogens with zero attached hydrogens (tertiary/aromatic N) is 4. The second kappa shape index (κ2) is 11.1. The van der Waals surface area contributed by atoms with Gasteiger partial charge in [0.25, 0.3) is 5.56 Å². The molecule has 6 aromatic rings. The lowest BCUT2D eigenvalue weighted by Crippen LogP contribution is -2.25. The average Bonchev–Trinajstić information content (AvgIpc) is 3.56. The van der Waals surface area contributed by atoms with E-state index < -0.39 is 0 Å². The maximum absolute atomic E-state index is 13.3. The fourth-order valence-corrected chi connectivity index (χ4v) is 5.33. The molecule has 0 bridgehead atoms. The number of hydrogen-bond donors (Lipinski definition) is 1. The van der Waals surface area contributed by atoms with Crippen molar-refractivity contribution >= 4 is 22.8 Å². The Morgan fingerprint density at radius 3 is 2.19 bits per heavy atom. The van der Waals surface area contributed by atoms with Crippen LogP contribution in [0, 0.1) is 25.2 Å². The van der Waals surface area contributed by atoms with Gasteiger partial charge in [0, 0.05) is 35.5 Å². The van der Waals surface area contributed by atoms with Crippen LogP contribution in [0.25, 0.3) is 39.2 Å². The number of rotatable bonds is 7. The third-order valence-corrected chi connectivity index (χ3v) is 7.23. The van der Waals surface area contributed by atoms with Crippen molar-refractivity contribution in [2.75, 3.05) is 5.32 Å². The van der Waals surface area contributed by atoms with Crippen LogP contribution in [0.2, 0.25) is 0 Å². The number of pyridine rings is 1. The smallest absolute Gasteiger partial charge is 0.252 e. The van der Waals surface area contributed by atoms with Crippen molar-refractivity contribution in [1.82, 2.24) is 14.3 Å². The summed E-state index contributed by atoms with van der Waals surface area (Å²) in [5.74, 6) is 0.182. The summed E-state index contributed by atoms with van der Waals surface area (Å²) in [7, 11) is 0. The largest absolute Gasteiger partial charge is 0.438 e. The van der Waals surface area contributed by atoms with Crippen LogP contribution in [0.4, 0.5) is 5.88 Å². The van der Waals surface area contributed by atoms with Crippen LogP contribution in [0.3, 0.4) is 0 Å². The molecule has 0 aliphatic heterocycles. The van der Waals surface area contributed by atoms with Gasteiger partial charge in [0.2, 0.25) is 11.8 Å². The van der Waals surface area contributed by atoms with Crippen LogP contribution < -0.4 is 10.9 Å². The molecule has 8 nitrogen and oxygen atoms in total. The van der Waals surface area contributed by atoms with E-state index in [9.17, 15) is 14.9 Å². The highest BCUT2D eigenvalue weighted by atomic mass is 16.4. The number of benzene rings is 3. The summed E-state index contributed by atoms with van der Waals surface area (Å²) in [6, 6.07) is 32.3. The van der Waals surface area contributed by atoms with Crippen LogP contribution in [0.15, 0.2) is 106 Å². The second-order valence-corrected chi connectivity index (χ2v) is 10.0. The molecule has 0 spiro atoms. The number of para-hydroxylation sites is 1. The Kier molecular flexibility index (Phi) is 6.99. The summed E-state index contributed by atoms with van der Waals surface area (Å²) in [5, 5.41) is 18.5. The fraction of sp³-hybridized carbons (Fsp3) is 0.118. The summed E-state index contributed by atoms with van der Waals surface area (Å²) in [4.78, 5) is 26.5. The predicted octanol–water partition coefficient (Wildman–Crippen LogP) is 6.63. The van der Waals surface area contributed by atoms with E-state index in [2.05, 4.69) is 11.4 Å². The quantitative estimate of drug-likeness (QED) is 0.239. The van der Waals surface area contributed by atoms with Crippen molar-refractivity contribution in [2.45, 2.75) is 26.8 Å². The van der Waals surface area contributed by atoms with Crippen molar-refractivity contribution in [3.8, 4) is 34.2 Å². The topological polar surface area (TPSA) is 106 Å². The van der Waals surface area contributed by atoms with Crippen molar-refractivity contribution in [1.29, 1.82) is 5.26 Å². The van der Waals surface area contributed by atoms with Crippen LogP contribution in [-0.4, -0.2) is 20.3 Å². The van der Waals surface area contributed by atoms with E-state index in [0.29, 0.717) is 17.0 Å². The third kappa shape index (κ3) is 4.78. The minimum Gasteiger partial charge on any atom is -0.438 e. The molecule has 1 amide bonds. The van der Waals surface area contributed by atoms with Gasteiger partial charge in [0.15, 0.2) is 0 Å². The van der Waals surface area contributed by atoms with Gasteiger partial charge in [-0.3, -0.25) is 19.5 Å². The second-order valence-electron chi connectivity index (χ2n) is 10.0. The molecule has 0 radical (unpaired) electrons. The van der Waals surface area contributed by atoms with Crippen molar-refractivity contribution in [3.05, 3.63) is 124 Å². The van der Waals surface area contributed by atoms with E-state index in [1.165, 1.54) is 0 Å². The molecule has 1 N–H and O–H groups in total. The molecule has 0 fully saturated rings. The van der Waals surface area contributed by atoms with E-state index in [1.807, 2.05) is 105 Å². The molecule has 3 aromatic heterocycles. The van der Waals surface area contributed by atoms with Crippen LogP contribution in [0.1, 0.15) is 23.2 Å². The molecule has 8 heteroatoms. The van der Waals surface area contributed by atoms with E-state index in [4.69, 9.17) is 9.52 Å². The normalized spacial score (nSPS) is 11.0. The lowest BCUT2D eigenvalue weighted by Gasteiger charge is -2.12. The van der Waals surface area contributed by atoms with Gasteiger partial charge in [0.05, 0.1) is 11.4 Å². The molecule has 0 unspecified atom stereocenters. The predicted molar refractivity (Wildman–Crippen MR) is 162 cm³/mol. The van der Waals surface area contributed by atoms with E-state index in [1.54, 1.807) is 15.3 Å². The van der Waals surface area contributed by atoms with Crippen molar-refractivity contribution in [3.63, 3.8) is 0 Å². The Hall–Kier alpha value is -5.68. The number of amides is 1. The zero-order chi connectivity index (χ0) is 29.2. The number of anilines is 1. The SMILES string of the molecule is Cc1cc(=O)n(CCC(=O)Nc2oc(-c3ccccc3)c(-c3ccccc3)c2C#N)c2c1c(C)nn2-c1ccccc1. The first-order chi connectivity index (χ1) is 20.5. The highest BCUT2D eigenvalue weighted by Crippen LogP contribution is 2.41. The first kappa shape index (κ1) is 26.5. The fourth-order valence-electron chi connectivity index (χ4n) is 5.33. The minimum atomic E-state index is -0.386. The molecule has 206 valence electrons. The van der Waals surface area contributed by atoms with E-state index >= 15 is 0 Å². The molecule has 0 saturated carbocycles. The summed E-state index contributed by atoms with van der Waals surface area (Å²) >= 11 is 0. The van der Waals surface area contributed by atoms with Crippen LogP contribution in [-0.2, 0) is 11.3 Å². The highest BCUT2D eigenvalue weighted by Gasteiger charge is 2.24. The van der Waals surface area contributed by atoms with Gasteiger partial charge >= 0.3 is 0 Å².